The van der Waals surface area contributed by atoms with Gasteiger partial charge < -0.3 is 26.2 Å². The average molecular weight is 602 g/mol. The standard InChI is InChI=1S/C27H23F4N7O5/c28-19-6-3-15(27(29,30)31)11-21(19)36-26(42)34-16-4-1-14(2-5-16)20-12-17(25(40)41)18-13-33-38(23(18)35-20)24(22(32)39)37-7-9-43-10-8-37/h1-6,11-13,24H,7-10H2,(H2,32,39)(H,40,41)(H2,34,36,42). The number of morpholine rings is 1. The highest BCUT2D eigenvalue weighted by molar-refractivity contribution is 6.03. The molecule has 0 radical (unpaired) electrons. The highest BCUT2D eigenvalue weighted by Crippen LogP contribution is 2.32. The molecule has 1 atom stereocenters. The second kappa shape index (κ2) is 11.7. The molecule has 12 nitrogen and oxygen atoms in total. The number of aromatic nitrogens is 3. The fourth-order valence-corrected chi connectivity index (χ4v) is 4.61. The van der Waals surface area contributed by atoms with Gasteiger partial charge in [-0.1, -0.05) is 12.1 Å². The van der Waals surface area contributed by atoms with Crippen LogP contribution in [0, 0.1) is 5.82 Å². The molecule has 1 aliphatic heterocycles. The number of rotatable bonds is 7. The normalized spacial score (nSPS) is 14.8. The second-order valence-electron chi connectivity index (χ2n) is 9.46. The molecule has 43 heavy (non-hydrogen) atoms. The lowest BCUT2D eigenvalue weighted by atomic mass is 10.1. The summed E-state index contributed by atoms with van der Waals surface area (Å²) in [6.45, 7) is 1.52. The molecule has 0 saturated carbocycles. The fourth-order valence-electron chi connectivity index (χ4n) is 4.61. The van der Waals surface area contributed by atoms with E-state index < -0.39 is 47.3 Å². The largest absolute Gasteiger partial charge is 0.478 e. The zero-order chi connectivity index (χ0) is 30.9. The van der Waals surface area contributed by atoms with Crippen LogP contribution in [0.2, 0.25) is 0 Å². The summed E-state index contributed by atoms with van der Waals surface area (Å²) in [4.78, 5) is 43.3. The van der Waals surface area contributed by atoms with Gasteiger partial charge in [-0.05, 0) is 36.4 Å². The van der Waals surface area contributed by atoms with Crippen LogP contribution < -0.4 is 16.4 Å². The Hall–Kier alpha value is -5.09. The van der Waals surface area contributed by atoms with Crippen molar-refractivity contribution in [3.63, 3.8) is 0 Å². The van der Waals surface area contributed by atoms with Gasteiger partial charge in [-0.2, -0.15) is 18.3 Å². The minimum atomic E-state index is -4.73. The molecule has 1 unspecified atom stereocenters. The number of carboxylic acid groups (broad SMARTS) is 1. The average Bonchev–Trinajstić information content (AvgIpc) is 3.37. The molecule has 0 aliphatic carbocycles. The van der Waals surface area contributed by atoms with E-state index in [0.717, 1.165) is 0 Å². The van der Waals surface area contributed by atoms with E-state index in [4.69, 9.17) is 10.5 Å². The minimum absolute atomic E-state index is 0.106. The minimum Gasteiger partial charge on any atom is -0.478 e. The van der Waals surface area contributed by atoms with E-state index in [2.05, 4.69) is 15.4 Å². The van der Waals surface area contributed by atoms with Gasteiger partial charge in [0.2, 0.25) is 0 Å². The molecule has 0 bridgehead atoms. The molecule has 3 heterocycles. The molecule has 1 aliphatic rings. The van der Waals surface area contributed by atoms with Crippen LogP contribution >= 0.6 is 0 Å². The third kappa shape index (κ3) is 6.24. The highest BCUT2D eigenvalue weighted by Gasteiger charge is 2.32. The van der Waals surface area contributed by atoms with E-state index in [-0.39, 0.29) is 28.0 Å². The summed E-state index contributed by atoms with van der Waals surface area (Å²) in [6, 6.07) is 7.85. The highest BCUT2D eigenvalue weighted by atomic mass is 19.4. The molecule has 2 aromatic heterocycles. The number of hydrogen-bond donors (Lipinski definition) is 4. The van der Waals surface area contributed by atoms with E-state index in [1.54, 1.807) is 4.90 Å². The maximum atomic E-state index is 14.0. The SMILES string of the molecule is NC(=O)C(N1CCOCC1)n1ncc2c(C(=O)O)cc(-c3ccc(NC(=O)Nc4cc(C(F)(F)F)ccc4F)cc3)nc21. The number of primary amides is 1. The number of urea groups is 1. The zero-order valence-electron chi connectivity index (χ0n) is 22.1. The first-order chi connectivity index (χ1) is 20.4. The number of nitrogens with one attached hydrogen (secondary N) is 2. The lowest BCUT2D eigenvalue weighted by Crippen LogP contribution is -2.47. The molecule has 5 rings (SSSR count). The van der Waals surface area contributed by atoms with Crippen molar-refractivity contribution in [2.75, 3.05) is 36.9 Å². The molecule has 0 spiro atoms. The van der Waals surface area contributed by atoms with Crippen molar-refractivity contribution in [1.82, 2.24) is 19.7 Å². The van der Waals surface area contributed by atoms with Gasteiger partial charge >= 0.3 is 18.2 Å². The van der Waals surface area contributed by atoms with Crippen LogP contribution in [-0.4, -0.2) is 69.0 Å². The number of nitrogens with zero attached hydrogens (tertiary/aromatic N) is 4. The Labute approximate surface area is 240 Å². The number of halogens is 4. The number of nitrogens with two attached hydrogens (primary N) is 1. The number of alkyl halides is 3. The van der Waals surface area contributed by atoms with Gasteiger partial charge in [-0.15, -0.1) is 0 Å². The smallest absolute Gasteiger partial charge is 0.416 e. The number of benzene rings is 2. The third-order valence-electron chi connectivity index (χ3n) is 6.66. The summed E-state index contributed by atoms with van der Waals surface area (Å²) in [5.41, 5.74) is 4.71. The Morgan fingerprint density at radius 1 is 1.02 bits per heavy atom. The quantitative estimate of drug-likeness (QED) is 0.232. The van der Waals surface area contributed by atoms with Gasteiger partial charge in [0.15, 0.2) is 11.8 Å². The number of hydrogen-bond acceptors (Lipinski definition) is 7. The lowest BCUT2D eigenvalue weighted by Gasteiger charge is -2.32. The van der Waals surface area contributed by atoms with Gasteiger partial charge in [0.05, 0.1) is 47.3 Å². The van der Waals surface area contributed by atoms with E-state index in [9.17, 15) is 37.1 Å². The van der Waals surface area contributed by atoms with Crippen molar-refractivity contribution in [2.45, 2.75) is 12.3 Å². The molecule has 4 aromatic rings. The summed E-state index contributed by atoms with van der Waals surface area (Å²) in [5, 5.41) is 18.7. The maximum absolute atomic E-state index is 14.0. The monoisotopic (exact) mass is 601 g/mol. The number of fused-ring (bicyclic) bond motifs is 1. The van der Waals surface area contributed by atoms with E-state index in [0.29, 0.717) is 50.1 Å². The Morgan fingerprint density at radius 2 is 1.72 bits per heavy atom. The van der Waals surface area contributed by atoms with Crippen LogP contribution in [0.4, 0.5) is 33.7 Å². The van der Waals surface area contributed by atoms with Crippen molar-refractivity contribution in [1.29, 1.82) is 0 Å². The van der Waals surface area contributed by atoms with Crippen molar-refractivity contribution >= 4 is 40.3 Å². The molecular weight excluding hydrogens is 578 g/mol. The lowest BCUT2D eigenvalue weighted by molar-refractivity contribution is -0.137. The molecule has 1 saturated heterocycles. The number of ether oxygens (including phenoxy) is 1. The predicted molar refractivity (Wildman–Crippen MR) is 145 cm³/mol. The van der Waals surface area contributed by atoms with Crippen LogP contribution in [0.25, 0.3) is 22.3 Å². The van der Waals surface area contributed by atoms with Crippen LogP contribution in [-0.2, 0) is 15.7 Å². The van der Waals surface area contributed by atoms with Gasteiger partial charge in [0.25, 0.3) is 5.91 Å². The number of carbonyl (C=O) groups is 3. The van der Waals surface area contributed by atoms with Gasteiger partial charge in [0, 0.05) is 24.3 Å². The van der Waals surface area contributed by atoms with Gasteiger partial charge in [-0.25, -0.2) is 23.6 Å². The second-order valence-corrected chi connectivity index (χ2v) is 9.46. The number of amides is 3. The number of aromatic carboxylic acids is 1. The number of anilines is 2. The topological polar surface area (TPSA) is 165 Å². The molecule has 3 amide bonds. The maximum Gasteiger partial charge on any atom is 0.416 e. The fraction of sp³-hybridized carbons (Fsp3) is 0.222. The van der Waals surface area contributed by atoms with E-state index in [1.807, 2.05) is 5.32 Å². The third-order valence-corrected chi connectivity index (χ3v) is 6.66. The molecule has 224 valence electrons. The first-order valence-electron chi connectivity index (χ1n) is 12.7. The van der Waals surface area contributed by atoms with Gasteiger partial charge in [-0.3, -0.25) is 9.69 Å². The Morgan fingerprint density at radius 3 is 2.35 bits per heavy atom. The van der Waals surface area contributed by atoms with Crippen molar-refractivity contribution in [3.8, 4) is 11.3 Å². The summed E-state index contributed by atoms with van der Waals surface area (Å²) < 4.78 is 59.5. The van der Waals surface area contributed by atoms with E-state index in [1.165, 1.54) is 41.2 Å². The Bertz CT molecular complexity index is 1700. The summed E-state index contributed by atoms with van der Waals surface area (Å²) >= 11 is 0. The molecule has 1 fully saturated rings. The Kier molecular flexibility index (Phi) is 7.97. The van der Waals surface area contributed by atoms with Gasteiger partial charge in [0.1, 0.15) is 5.82 Å². The van der Waals surface area contributed by atoms with Crippen molar-refractivity contribution in [3.05, 3.63) is 71.7 Å². The van der Waals surface area contributed by atoms with Crippen LogP contribution in [0.1, 0.15) is 22.1 Å². The predicted octanol–water partition coefficient (Wildman–Crippen LogP) is 3.91. The summed E-state index contributed by atoms with van der Waals surface area (Å²) in [7, 11) is 0. The van der Waals surface area contributed by atoms with Crippen LogP contribution in [0.15, 0.2) is 54.7 Å². The van der Waals surface area contributed by atoms with Crippen molar-refractivity contribution < 1.29 is 41.8 Å². The summed E-state index contributed by atoms with van der Waals surface area (Å²) in [5.74, 6) is -3.03. The first kappa shape index (κ1) is 29.4. The van der Waals surface area contributed by atoms with E-state index >= 15 is 0 Å². The Balaban J connectivity index is 1.41. The van der Waals surface area contributed by atoms with Crippen molar-refractivity contribution in [2.24, 2.45) is 5.73 Å². The van der Waals surface area contributed by atoms with Crippen LogP contribution in [0.5, 0.6) is 0 Å². The molecule has 5 N–H and O–H groups in total. The molecule has 2 aromatic carbocycles. The molecule has 16 heteroatoms. The molecular formula is C27H23F4N7O5. The number of carbonyl (C=O) groups excluding carboxylic acids is 2. The van der Waals surface area contributed by atoms with Crippen LogP contribution in [0.3, 0.4) is 0 Å². The first-order valence-corrected chi connectivity index (χ1v) is 12.7. The number of pyridine rings is 1. The number of carboxylic acids is 1. The summed E-state index contributed by atoms with van der Waals surface area (Å²) in [6.07, 6.45) is -4.47. The zero-order valence-corrected chi connectivity index (χ0v) is 22.1.